The molecule has 0 radical (unpaired) electrons. The molecule has 0 spiro atoms. The summed E-state index contributed by atoms with van der Waals surface area (Å²) >= 11 is 0. The first-order valence-electron chi connectivity index (χ1n) is 6.62. The highest BCUT2D eigenvalue weighted by atomic mass is 16.5. The lowest BCUT2D eigenvalue weighted by molar-refractivity contribution is 0.298. The minimum absolute atomic E-state index is 0.351. The van der Waals surface area contributed by atoms with Crippen molar-refractivity contribution in [3.63, 3.8) is 0 Å². The van der Waals surface area contributed by atoms with Crippen LogP contribution in [0.2, 0.25) is 0 Å². The minimum atomic E-state index is 0.351. The highest BCUT2D eigenvalue weighted by Gasteiger charge is 2.07. The standard InChI is InChI=1S/C17H15NO3/c1-19-15-8-5-9-16(10-15)20-11-14-12-21-17(18-14)13-6-3-2-4-7-13/h2-10,12H,11H2,1H3. The van der Waals surface area contributed by atoms with Crippen molar-refractivity contribution in [1.29, 1.82) is 0 Å². The van der Waals surface area contributed by atoms with Gasteiger partial charge in [-0.15, -0.1) is 0 Å². The summed E-state index contributed by atoms with van der Waals surface area (Å²) in [6.07, 6.45) is 1.61. The second kappa shape index (κ2) is 6.13. The van der Waals surface area contributed by atoms with Gasteiger partial charge in [-0.25, -0.2) is 4.98 Å². The zero-order valence-electron chi connectivity index (χ0n) is 11.7. The Morgan fingerprint density at radius 1 is 1.00 bits per heavy atom. The predicted molar refractivity (Wildman–Crippen MR) is 79.3 cm³/mol. The van der Waals surface area contributed by atoms with Crippen LogP contribution >= 0.6 is 0 Å². The number of ether oxygens (including phenoxy) is 2. The Balaban J connectivity index is 1.67. The molecule has 4 heteroatoms. The van der Waals surface area contributed by atoms with Crippen molar-refractivity contribution in [2.45, 2.75) is 6.61 Å². The molecule has 106 valence electrons. The summed E-state index contributed by atoms with van der Waals surface area (Å²) < 4.78 is 16.3. The largest absolute Gasteiger partial charge is 0.497 e. The lowest BCUT2D eigenvalue weighted by Crippen LogP contribution is -1.96. The lowest BCUT2D eigenvalue weighted by Gasteiger charge is -2.05. The summed E-state index contributed by atoms with van der Waals surface area (Å²) in [6, 6.07) is 17.2. The highest BCUT2D eigenvalue weighted by molar-refractivity contribution is 5.52. The molecule has 0 saturated carbocycles. The summed E-state index contributed by atoms with van der Waals surface area (Å²) in [6.45, 7) is 0.351. The van der Waals surface area contributed by atoms with E-state index in [2.05, 4.69) is 4.98 Å². The maximum absolute atomic E-state index is 5.68. The Morgan fingerprint density at radius 3 is 2.62 bits per heavy atom. The Bertz CT molecular complexity index is 707. The molecule has 1 heterocycles. The van der Waals surface area contributed by atoms with E-state index in [1.54, 1.807) is 13.4 Å². The van der Waals surface area contributed by atoms with Crippen LogP contribution in [0.1, 0.15) is 5.69 Å². The van der Waals surface area contributed by atoms with Crippen molar-refractivity contribution in [3.05, 3.63) is 66.6 Å². The lowest BCUT2D eigenvalue weighted by atomic mass is 10.2. The first kappa shape index (κ1) is 13.2. The fourth-order valence-corrected chi connectivity index (χ4v) is 1.93. The van der Waals surface area contributed by atoms with Crippen LogP contribution in [0.4, 0.5) is 0 Å². The molecule has 0 fully saturated rings. The molecule has 0 bridgehead atoms. The summed E-state index contributed by atoms with van der Waals surface area (Å²) in [7, 11) is 1.63. The number of nitrogens with zero attached hydrogens (tertiary/aromatic N) is 1. The second-order valence-electron chi connectivity index (χ2n) is 4.48. The average Bonchev–Trinajstić information content (AvgIpc) is 3.03. The number of hydrogen-bond acceptors (Lipinski definition) is 4. The Labute approximate surface area is 123 Å². The molecule has 0 saturated heterocycles. The number of hydrogen-bond donors (Lipinski definition) is 0. The Hall–Kier alpha value is -2.75. The Morgan fingerprint density at radius 2 is 1.81 bits per heavy atom. The minimum Gasteiger partial charge on any atom is -0.497 e. The SMILES string of the molecule is COc1cccc(OCc2coc(-c3ccccc3)n2)c1. The van der Waals surface area contributed by atoms with E-state index >= 15 is 0 Å². The second-order valence-corrected chi connectivity index (χ2v) is 4.48. The van der Waals surface area contributed by atoms with Crippen LogP contribution in [0.15, 0.2) is 65.3 Å². The van der Waals surface area contributed by atoms with E-state index in [0.29, 0.717) is 12.5 Å². The molecule has 1 aromatic heterocycles. The molecule has 0 amide bonds. The number of aromatic nitrogens is 1. The van der Waals surface area contributed by atoms with Gasteiger partial charge in [0, 0.05) is 11.6 Å². The fourth-order valence-electron chi connectivity index (χ4n) is 1.93. The summed E-state index contributed by atoms with van der Waals surface area (Å²) in [4.78, 5) is 4.42. The molecule has 4 nitrogen and oxygen atoms in total. The number of rotatable bonds is 5. The van der Waals surface area contributed by atoms with E-state index in [0.717, 1.165) is 22.8 Å². The third-order valence-corrected chi connectivity index (χ3v) is 3.00. The molecule has 3 rings (SSSR count). The van der Waals surface area contributed by atoms with Crippen LogP contribution in [0.3, 0.4) is 0 Å². The van der Waals surface area contributed by atoms with E-state index < -0.39 is 0 Å². The summed E-state index contributed by atoms with van der Waals surface area (Å²) in [5.74, 6) is 2.09. The zero-order valence-corrected chi connectivity index (χ0v) is 11.7. The molecular weight excluding hydrogens is 266 g/mol. The molecule has 0 aliphatic carbocycles. The maximum atomic E-state index is 5.68. The van der Waals surface area contributed by atoms with Gasteiger partial charge in [0.25, 0.3) is 0 Å². The first-order chi connectivity index (χ1) is 10.3. The Kier molecular flexibility index (Phi) is 3.87. The monoisotopic (exact) mass is 281 g/mol. The van der Waals surface area contributed by atoms with Crippen molar-refractivity contribution >= 4 is 0 Å². The van der Waals surface area contributed by atoms with E-state index in [1.165, 1.54) is 0 Å². The molecular formula is C17H15NO3. The van der Waals surface area contributed by atoms with Crippen molar-refractivity contribution in [2.75, 3.05) is 7.11 Å². The quantitative estimate of drug-likeness (QED) is 0.710. The zero-order chi connectivity index (χ0) is 14.5. The molecule has 0 aliphatic rings. The summed E-state index contributed by atoms with van der Waals surface area (Å²) in [5.41, 5.74) is 1.70. The van der Waals surface area contributed by atoms with Crippen LogP contribution < -0.4 is 9.47 Å². The van der Waals surface area contributed by atoms with Crippen LogP contribution in [-0.4, -0.2) is 12.1 Å². The van der Waals surface area contributed by atoms with Gasteiger partial charge in [-0.3, -0.25) is 0 Å². The van der Waals surface area contributed by atoms with Crippen molar-refractivity contribution in [3.8, 4) is 23.0 Å². The summed E-state index contributed by atoms with van der Waals surface area (Å²) in [5, 5.41) is 0. The van der Waals surface area contributed by atoms with Gasteiger partial charge in [0.2, 0.25) is 5.89 Å². The molecule has 3 aromatic rings. The van der Waals surface area contributed by atoms with Gasteiger partial charge in [0.1, 0.15) is 30.1 Å². The van der Waals surface area contributed by atoms with Crippen molar-refractivity contribution < 1.29 is 13.9 Å². The topological polar surface area (TPSA) is 44.5 Å². The van der Waals surface area contributed by atoms with Crippen LogP contribution in [0.5, 0.6) is 11.5 Å². The molecule has 21 heavy (non-hydrogen) atoms. The normalized spacial score (nSPS) is 10.3. The molecule has 0 N–H and O–H groups in total. The van der Waals surface area contributed by atoms with Crippen molar-refractivity contribution in [1.82, 2.24) is 4.98 Å². The van der Waals surface area contributed by atoms with Crippen LogP contribution in [-0.2, 0) is 6.61 Å². The smallest absolute Gasteiger partial charge is 0.226 e. The maximum Gasteiger partial charge on any atom is 0.226 e. The van der Waals surface area contributed by atoms with E-state index in [1.807, 2.05) is 54.6 Å². The number of benzene rings is 2. The fraction of sp³-hybridized carbons (Fsp3) is 0.118. The first-order valence-corrected chi connectivity index (χ1v) is 6.62. The molecule has 0 unspecified atom stereocenters. The van der Waals surface area contributed by atoms with Gasteiger partial charge < -0.3 is 13.9 Å². The van der Waals surface area contributed by atoms with Crippen LogP contribution in [0.25, 0.3) is 11.5 Å². The molecule has 0 aliphatic heterocycles. The van der Waals surface area contributed by atoms with Crippen LogP contribution in [0, 0.1) is 0 Å². The van der Waals surface area contributed by atoms with E-state index in [-0.39, 0.29) is 0 Å². The predicted octanol–water partition coefficient (Wildman–Crippen LogP) is 3.93. The third-order valence-electron chi connectivity index (χ3n) is 3.00. The van der Waals surface area contributed by atoms with Gasteiger partial charge in [-0.05, 0) is 24.3 Å². The number of methoxy groups -OCH3 is 1. The molecule has 2 aromatic carbocycles. The molecule has 0 atom stereocenters. The van der Waals surface area contributed by atoms with E-state index in [4.69, 9.17) is 13.9 Å². The average molecular weight is 281 g/mol. The van der Waals surface area contributed by atoms with Gasteiger partial charge in [0.05, 0.1) is 7.11 Å². The van der Waals surface area contributed by atoms with Gasteiger partial charge in [-0.1, -0.05) is 24.3 Å². The van der Waals surface area contributed by atoms with Gasteiger partial charge in [0.15, 0.2) is 0 Å². The van der Waals surface area contributed by atoms with E-state index in [9.17, 15) is 0 Å². The van der Waals surface area contributed by atoms with Gasteiger partial charge in [-0.2, -0.15) is 0 Å². The third kappa shape index (κ3) is 3.23. The van der Waals surface area contributed by atoms with Gasteiger partial charge >= 0.3 is 0 Å². The van der Waals surface area contributed by atoms with Crippen molar-refractivity contribution in [2.24, 2.45) is 0 Å². The number of oxazole rings is 1. The highest BCUT2D eigenvalue weighted by Crippen LogP contribution is 2.21.